The summed E-state index contributed by atoms with van der Waals surface area (Å²) in [5, 5.41) is 7.64. The van der Waals surface area contributed by atoms with Crippen LogP contribution >= 0.6 is 11.3 Å². The first kappa shape index (κ1) is 23.9. The van der Waals surface area contributed by atoms with Crippen LogP contribution in [0.4, 0.5) is 0 Å². The van der Waals surface area contributed by atoms with Gasteiger partial charge in [0.25, 0.3) is 5.91 Å². The molecule has 0 aliphatic heterocycles. The lowest BCUT2D eigenvalue weighted by Gasteiger charge is -2.33. The Morgan fingerprint density at radius 1 is 1.16 bits per heavy atom. The van der Waals surface area contributed by atoms with Crippen molar-refractivity contribution < 1.29 is 19.1 Å². The van der Waals surface area contributed by atoms with E-state index in [2.05, 4.69) is 10.6 Å². The van der Waals surface area contributed by atoms with Crippen LogP contribution in [0.2, 0.25) is 0 Å². The molecule has 1 aliphatic rings. The normalized spacial score (nSPS) is 14.7. The third-order valence-corrected chi connectivity index (χ3v) is 6.62. The zero-order chi connectivity index (χ0) is 22.9. The third kappa shape index (κ3) is 6.17. The number of benzene rings is 1. The summed E-state index contributed by atoms with van der Waals surface area (Å²) in [6, 6.07) is 10.4. The second kappa shape index (κ2) is 11.8. The molecule has 8 heteroatoms. The van der Waals surface area contributed by atoms with Gasteiger partial charge in [0.15, 0.2) is 0 Å². The summed E-state index contributed by atoms with van der Waals surface area (Å²) >= 11 is 1.31. The topological polar surface area (TPSA) is 87.7 Å². The largest absolute Gasteiger partial charge is 0.383 e. The zero-order valence-corrected chi connectivity index (χ0v) is 19.5. The summed E-state index contributed by atoms with van der Waals surface area (Å²) < 4.78 is 5.23. The molecule has 1 fully saturated rings. The Kier molecular flexibility index (Phi) is 8.81. The number of methoxy groups -OCH3 is 1. The molecule has 2 aromatic rings. The molecule has 1 aromatic heterocycles. The van der Waals surface area contributed by atoms with Gasteiger partial charge in [-0.15, -0.1) is 11.3 Å². The summed E-state index contributed by atoms with van der Waals surface area (Å²) in [5.74, 6) is -0.829. The maximum Gasteiger partial charge on any atom is 0.261 e. The number of thiophene rings is 1. The smallest absolute Gasteiger partial charge is 0.261 e. The van der Waals surface area contributed by atoms with Crippen LogP contribution in [-0.4, -0.2) is 55.5 Å². The van der Waals surface area contributed by atoms with Crippen LogP contribution < -0.4 is 10.6 Å². The van der Waals surface area contributed by atoms with Crippen molar-refractivity contribution in [3.63, 3.8) is 0 Å². The predicted molar refractivity (Wildman–Crippen MR) is 125 cm³/mol. The highest BCUT2D eigenvalue weighted by molar-refractivity contribution is 7.12. The number of hydrogen-bond donors (Lipinski definition) is 2. The van der Waals surface area contributed by atoms with Crippen molar-refractivity contribution in [3.8, 4) is 0 Å². The molecule has 7 nitrogen and oxygen atoms in total. The van der Waals surface area contributed by atoms with Gasteiger partial charge in [-0.1, -0.05) is 43.2 Å². The highest BCUT2D eigenvalue weighted by Crippen LogP contribution is 2.26. The number of rotatable bonds is 10. The molecular weight excluding hydrogens is 426 g/mol. The monoisotopic (exact) mass is 457 g/mol. The fraction of sp³-hybridized carbons (Fsp3) is 0.458. The Labute approximate surface area is 193 Å². The van der Waals surface area contributed by atoms with E-state index in [9.17, 15) is 14.4 Å². The number of amides is 3. The number of ether oxygens (including phenoxy) is 1. The third-order valence-electron chi connectivity index (χ3n) is 5.75. The van der Waals surface area contributed by atoms with Gasteiger partial charge in [-0.2, -0.15) is 0 Å². The summed E-state index contributed by atoms with van der Waals surface area (Å²) in [6.07, 6.45) is 4.10. The van der Waals surface area contributed by atoms with Crippen molar-refractivity contribution >= 4 is 29.1 Å². The van der Waals surface area contributed by atoms with Crippen LogP contribution in [0.15, 0.2) is 41.8 Å². The summed E-state index contributed by atoms with van der Waals surface area (Å²) in [6.45, 7) is 2.26. The predicted octanol–water partition coefficient (Wildman–Crippen LogP) is 3.06. The first-order valence-corrected chi connectivity index (χ1v) is 11.8. The lowest BCUT2D eigenvalue weighted by atomic mass is 9.98. The molecule has 0 unspecified atom stereocenters. The van der Waals surface area contributed by atoms with Crippen molar-refractivity contribution in [2.45, 2.75) is 44.7 Å². The van der Waals surface area contributed by atoms with Crippen LogP contribution in [0, 0.1) is 6.92 Å². The summed E-state index contributed by atoms with van der Waals surface area (Å²) in [4.78, 5) is 41.1. The van der Waals surface area contributed by atoms with Gasteiger partial charge in [0.1, 0.15) is 6.04 Å². The van der Waals surface area contributed by atoms with Gasteiger partial charge in [-0.3, -0.25) is 14.4 Å². The van der Waals surface area contributed by atoms with E-state index in [1.807, 2.05) is 36.6 Å². The number of hydrogen-bond acceptors (Lipinski definition) is 5. The maximum atomic E-state index is 13.5. The van der Waals surface area contributed by atoms with E-state index >= 15 is 0 Å². The fourth-order valence-corrected chi connectivity index (χ4v) is 4.67. The van der Waals surface area contributed by atoms with Crippen molar-refractivity contribution in [2.24, 2.45) is 0 Å². The van der Waals surface area contributed by atoms with Gasteiger partial charge in [-0.05, 0) is 42.3 Å². The number of nitrogens with zero attached hydrogens (tertiary/aromatic N) is 1. The molecule has 1 heterocycles. The van der Waals surface area contributed by atoms with E-state index in [4.69, 9.17) is 4.74 Å². The standard InChI is InChI=1S/C24H31N3O4S/c1-17-8-3-6-11-19(17)22(24(30)26-18-9-4-5-10-18)27(13-14-31-2)21(28)16-25-23(29)20-12-7-15-32-20/h3,6-8,11-12,15,18,22H,4-5,9-10,13-14,16H2,1-2H3,(H,25,29)(H,26,30)/t22-/m1/s1. The number of aryl methyl sites for hydroxylation is 1. The molecule has 1 atom stereocenters. The summed E-state index contributed by atoms with van der Waals surface area (Å²) in [5.41, 5.74) is 1.70. The van der Waals surface area contributed by atoms with Crippen LogP contribution in [-0.2, 0) is 14.3 Å². The van der Waals surface area contributed by atoms with E-state index in [0.717, 1.165) is 36.8 Å². The second-order valence-electron chi connectivity index (χ2n) is 7.99. The molecule has 3 amide bonds. The maximum absolute atomic E-state index is 13.5. The molecule has 3 rings (SSSR count). The van der Waals surface area contributed by atoms with Gasteiger partial charge in [0.05, 0.1) is 18.0 Å². The van der Waals surface area contributed by atoms with E-state index in [-0.39, 0.29) is 43.5 Å². The molecule has 0 bridgehead atoms. The minimum absolute atomic E-state index is 0.131. The molecular formula is C24H31N3O4S. The summed E-state index contributed by atoms with van der Waals surface area (Å²) in [7, 11) is 1.56. The van der Waals surface area contributed by atoms with E-state index in [1.165, 1.54) is 16.2 Å². The van der Waals surface area contributed by atoms with Crippen LogP contribution in [0.5, 0.6) is 0 Å². The molecule has 172 valence electrons. The minimum Gasteiger partial charge on any atom is -0.383 e. The number of carbonyl (C=O) groups excluding carboxylic acids is 3. The van der Waals surface area contributed by atoms with Crippen LogP contribution in [0.25, 0.3) is 0 Å². The number of nitrogens with one attached hydrogen (secondary N) is 2. The fourth-order valence-electron chi connectivity index (χ4n) is 4.03. The SMILES string of the molecule is COCCN(C(=O)CNC(=O)c1cccs1)[C@@H](C(=O)NC1CCCC1)c1ccccc1C. The minimum atomic E-state index is -0.793. The Morgan fingerprint density at radius 2 is 1.91 bits per heavy atom. The van der Waals surface area contributed by atoms with Crippen molar-refractivity contribution in [1.29, 1.82) is 0 Å². The number of carbonyl (C=O) groups is 3. The highest BCUT2D eigenvalue weighted by atomic mass is 32.1. The van der Waals surface area contributed by atoms with Crippen LogP contribution in [0.3, 0.4) is 0 Å². The Hall–Kier alpha value is -2.71. The van der Waals surface area contributed by atoms with Gasteiger partial charge >= 0.3 is 0 Å². The van der Waals surface area contributed by atoms with Gasteiger partial charge in [0.2, 0.25) is 11.8 Å². The molecule has 1 aliphatic carbocycles. The average Bonchev–Trinajstić information content (AvgIpc) is 3.50. The average molecular weight is 458 g/mol. The van der Waals surface area contributed by atoms with Gasteiger partial charge in [0, 0.05) is 19.7 Å². The first-order chi connectivity index (χ1) is 15.5. The van der Waals surface area contributed by atoms with E-state index < -0.39 is 6.04 Å². The molecule has 0 spiro atoms. The van der Waals surface area contributed by atoms with Crippen LogP contribution in [0.1, 0.15) is 52.5 Å². The lowest BCUT2D eigenvalue weighted by Crippen LogP contribution is -2.50. The van der Waals surface area contributed by atoms with Gasteiger partial charge in [-0.25, -0.2) is 0 Å². The molecule has 1 saturated carbocycles. The van der Waals surface area contributed by atoms with Crippen molar-refractivity contribution in [3.05, 3.63) is 57.8 Å². The van der Waals surface area contributed by atoms with E-state index in [0.29, 0.717) is 4.88 Å². The molecule has 0 saturated heterocycles. The first-order valence-electron chi connectivity index (χ1n) is 11.0. The molecule has 0 radical (unpaired) electrons. The zero-order valence-electron chi connectivity index (χ0n) is 18.6. The molecule has 32 heavy (non-hydrogen) atoms. The second-order valence-corrected chi connectivity index (χ2v) is 8.94. The Morgan fingerprint density at radius 3 is 2.56 bits per heavy atom. The Balaban J connectivity index is 1.83. The quantitative estimate of drug-likeness (QED) is 0.574. The highest BCUT2D eigenvalue weighted by Gasteiger charge is 2.33. The van der Waals surface area contributed by atoms with Crippen molar-refractivity contribution in [2.75, 3.05) is 26.8 Å². The Bertz CT molecular complexity index is 910. The van der Waals surface area contributed by atoms with Crippen molar-refractivity contribution in [1.82, 2.24) is 15.5 Å². The van der Waals surface area contributed by atoms with Gasteiger partial charge < -0.3 is 20.3 Å². The van der Waals surface area contributed by atoms with E-state index in [1.54, 1.807) is 19.2 Å². The molecule has 2 N–H and O–H groups in total. The lowest BCUT2D eigenvalue weighted by molar-refractivity contribution is -0.141. The molecule has 1 aromatic carbocycles.